The molecule has 0 radical (unpaired) electrons. The summed E-state index contributed by atoms with van der Waals surface area (Å²) in [5, 5.41) is 9.23. The highest BCUT2D eigenvalue weighted by atomic mass is 16.5. The molecule has 1 aliphatic heterocycles. The molecular weight excluding hydrogens is 246 g/mol. The number of benzene rings is 1. The van der Waals surface area contributed by atoms with E-state index in [4.69, 9.17) is 14.2 Å². The fraction of sp³-hybridized carbons (Fsp3) is 0.571. The summed E-state index contributed by atoms with van der Waals surface area (Å²) in [6.07, 6.45) is -0.264. The van der Waals surface area contributed by atoms with E-state index in [1.165, 1.54) is 0 Å². The average Bonchev–Trinajstić information content (AvgIpc) is 2.89. The van der Waals surface area contributed by atoms with E-state index in [1.807, 2.05) is 18.2 Å². The van der Waals surface area contributed by atoms with Crippen LogP contribution in [0.15, 0.2) is 18.2 Å². The number of aliphatic hydroxyl groups excluding tert-OH is 1. The molecule has 1 aliphatic rings. The molecule has 0 aliphatic carbocycles. The van der Waals surface area contributed by atoms with Gasteiger partial charge < -0.3 is 19.3 Å². The molecule has 1 aromatic carbocycles. The number of hydrogen-bond donors (Lipinski definition) is 1. The zero-order valence-corrected chi connectivity index (χ0v) is 11.6. The van der Waals surface area contributed by atoms with Crippen LogP contribution in [0.3, 0.4) is 0 Å². The Morgan fingerprint density at radius 2 is 2.05 bits per heavy atom. The number of rotatable bonds is 5. The van der Waals surface area contributed by atoms with Crippen molar-refractivity contribution in [1.29, 1.82) is 0 Å². The first-order valence-electron chi connectivity index (χ1n) is 6.45. The SMILES string of the molecule is CCN1CC(CO)OC1c1ccc(OC)c(OC)c1. The highest BCUT2D eigenvalue weighted by Gasteiger charge is 2.32. The van der Waals surface area contributed by atoms with Crippen LogP contribution in [-0.2, 0) is 4.74 Å². The molecule has 1 N–H and O–H groups in total. The molecule has 0 bridgehead atoms. The lowest BCUT2D eigenvalue weighted by molar-refractivity contribution is -0.0185. The van der Waals surface area contributed by atoms with E-state index < -0.39 is 0 Å². The van der Waals surface area contributed by atoms with E-state index in [0.29, 0.717) is 11.5 Å². The molecule has 1 heterocycles. The number of methoxy groups -OCH3 is 2. The Morgan fingerprint density at radius 1 is 1.32 bits per heavy atom. The minimum atomic E-state index is -0.137. The van der Waals surface area contributed by atoms with Crippen molar-refractivity contribution in [3.63, 3.8) is 0 Å². The number of ether oxygens (including phenoxy) is 3. The zero-order chi connectivity index (χ0) is 13.8. The average molecular weight is 267 g/mol. The van der Waals surface area contributed by atoms with Gasteiger partial charge >= 0.3 is 0 Å². The van der Waals surface area contributed by atoms with Gasteiger partial charge in [-0.1, -0.05) is 13.0 Å². The number of likely N-dealkylation sites (N-methyl/N-ethyl adjacent to an activating group) is 1. The predicted octanol–water partition coefficient (Wildman–Crippen LogP) is 1.42. The third kappa shape index (κ3) is 2.83. The molecule has 0 aromatic heterocycles. The van der Waals surface area contributed by atoms with Gasteiger partial charge in [0.25, 0.3) is 0 Å². The molecule has 19 heavy (non-hydrogen) atoms. The van der Waals surface area contributed by atoms with Crippen molar-refractivity contribution in [2.75, 3.05) is 33.9 Å². The van der Waals surface area contributed by atoms with Crippen molar-refractivity contribution in [1.82, 2.24) is 4.90 Å². The molecule has 1 aromatic rings. The van der Waals surface area contributed by atoms with Crippen LogP contribution in [0.25, 0.3) is 0 Å². The Bertz CT molecular complexity index is 424. The van der Waals surface area contributed by atoms with E-state index in [1.54, 1.807) is 14.2 Å². The lowest BCUT2D eigenvalue weighted by Crippen LogP contribution is -2.25. The standard InChI is InChI=1S/C14H21NO4/c1-4-15-8-11(9-16)19-14(15)10-5-6-12(17-2)13(7-10)18-3/h5-7,11,14,16H,4,8-9H2,1-3H3. The van der Waals surface area contributed by atoms with Crippen molar-refractivity contribution < 1.29 is 19.3 Å². The monoisotopic (exact) mass is 267 g/mol. The summed E-state index contributed by atoms with van der Waals surface area (Å²) >= 11 is 0. The molecule has 2 atom stereocenters. The van der Waals surface area contributed by atoms with Crippen LogP contribution in [0.5, 0.6) is 11.5 Å². The largest absolute Gasteiger partial charge is 0.493 e. The second-order valence-corrected chi connectivity index (χ2v) is 4.50. The van der Waals surface area contributed by atoms with Crippen LogP contribution in [0.4, 0.5) is 0 Å². The van der Waals surface area contributed by atoms with Crippen LogP contribution in [0.2, 0.25) is 0 Å². The van der Waals surface area contributed by atoms with Gasteiger partial charge in [0, 0.05) is 6.54 Å². The first-order valence-corrected chi connectivity index (χ1v) is 6.45. The Labute approximate surface area is 113 Å². The minimum absolute atomic E-state index is 0.0420. The van der Waals surface area contributed by atoms with Gasteiger partial charge in [0.05, 0.1) is 26.9 Å². The summed E-state index contributed by atoms with van der Waals surface area (Å²) in [5.74, 6) is 1.39. The van der Waals surface area contributed by atoms with E-state index in [-0.39, 0.29) is 18.9 Å². The van der Waals surface area contributed by atoms with Crippen molar-refractivity contribution >= 4 is 0 Å². The number of nitrogens with zero attached hydrogens (tertiary/aromatic N) is 1. The molecule has 5 nitrogen and oxygen atoms in total. The maximum atomic E-state index is 9.23. The number of aliphatic hydroxyl groups is 1. The van der Waals surface area contributed by atoms with Gasteiger partial charge in [-0.2, -0.15) is 0 Å². The van der Waals surface area contributed by atoms with Crippen molar-refractivity contribution in [3.8, 4) is 11.5 Å². The maximum absolute atomic E-state index is 9.23. The van der Waals surface area contributed by atoms with E-state index in [2.05, 4.69) is 11.8 Å². The summed E-state index contributed by atoms with van der Waals surface area (Å²) in [6.45, 7) is 3.73. The predicted molar refractivity (Wildman–Crippen MR) is 71.5 cm³/mol. The lowest BCUT2D eigenvalue weighted by atomic mass is 10.1. The molecule has 2 rings (SSSR count). The second kappa shape index (κ2) is 6.23. The topological polar surface area (TPSA) is 51.2 Å². The van der Waals surface area contributed by atoms with Crippen molar-refractivity contribution in [2.45, 2.75) is 19.3 Å². The lowest BCUT2D eigenvalue weighted by Gasteiger charge is -2.22. The minimum Gasteiger partial charge on any atom is -0.493 e. The molecule has 106 valence electrons. The van der Waals surface area contributed by atoms with Gasteiger partial charge in [-0.05, 0) is 24.2 Å². The summed E-state index contributed by atoms with van der Waals surface area (Å²) < 4.78 is 16.4. The molecular formula is C14H21NO4. The van der Waals surface area contributed by atoms with Crippen LogP contribution in [-0.4, -0.2) is 50.0 Å². The molecule has 1 fully saturated rings. The molecule has 0 spiro atoms. The van der Waals surface area contributed by atoms with E-state index >= 15 is 0 Å². The summed E-state index contributed by atoms with van der Waals surface area (Å²) in [4.78, 5) is 2.18. The first-order chi connectivity index (χ1) is 9.23. The summed E-state index contributed by atoms with van der Waals surface area (Å²) in [7, 11) is 3.23. The van der Waals surface area contributed by atoms with Gasteiger partial charge in [0.15, 0.2) is 11.5 Å². The van der Waals surface area contributed by atoms with Crippen LogP contribution in [0, 0.1) is 0 Å². The van der Waals surface area contributed by atoms with E-state index in [0.717, 1.165) is 18.7 Å². The smallest absolute Gasteiger partial charge is 0.161 e. The quantitative estimate of drug-likeness (QED) is 0.874. The fourth-order valence-electron chi connectivity index (χ4n) is 2.36. The van der Waals surface area contributed by atoms with Gasteiger partial charge in [-0.25, -0.2) is 0 Å². The van der Waals surface area contributed by atoms with Crippen LogP contribution < -0.4 is 9.47 Å². The zero-order valence-electron chi connectivity index (χ0n) is 11.6. The molecule has 0 saturated carbocycles. The molecule has 5 heteroatoms. The maximum Gasteiger partial charge on any atom is 0.161 e. The normalized spacial score (nSPS) is 23.6. The Balaban J connectivity index is 2.25. The third-order valence-electron chi connectivity index (χ3n) is 3.39. The van der Waals surface area contributed by atoms with Gasteiger partial charge in [-0.3, -0.25) is 4.90 Å². The highest BCUT2D eigenvalue weighted by Crippen LogP contribution is 2.35. The van der Waals surface area contributed by atoms with Gasteiger partial charge in [0.1, 0.15) is 6.23 Å². The van der Waals surface area contributed by atoms with Crippen LogP contribution in [0.1, 0.15) is 18.7 Å². The van der Waals surface area contributed by atoms with Crippen molar-refractivity contribution in [2.24, 2.45) is 0 Å². The number of hydrogen-bond acceptors (Lipinski definition) is 5. The summed E-state index contributed by atoms with van der Waals surface area (Å²) in [6, 6.07) is 5.76. The Hall–Kier alpha value is -1.30. The first kappa shape index (κ1) is 14.1. The second-order valence-electron chi connectivity index (χ2n) is 4.50. The highest BCUT2D eigenvalue weighted by molar-refractivity contribution is 5.43. The molecule has 2 unspecified atom stereocenters. The fourth-order valence-corrected chi connectivity index (χ4v) is 2.36. The van der Waals surface area contributed by atoms with Crippen LogP contribution >= 0.6 is 0 Å². The third-order valence-corrected chi connectivity index (χ3v) is 3.39. The van der Waals surface area contributed by atoms with Crippen molar-refractivity contribution in [3.05, 3.63) is 23.8 Å². The Kier molecular flexibility index (Phi) is 4.63. The van der Waals surface area contributed by atoms with E-state index in [9.17, 15) is 5.11 Å². The molecule has 1 saturated heterocycles. The Morgan fingerprint density at radius 3 is 2.63 bits per heavy atom. The molecule has 0 amide bonds. The van der Waals surface area contributed by atoms with Gasteiger partial charge in [-0.15, -0.1) is 0 Å². The van der Waals surface area contributed by atoms with Gasteiger partial charge in [0.2, 0.25) is 0 Å². The summed E-state index contributed by atoms with van der Waals surface area (Å²) in [5.41, 5.74) is 1.01.